The van der Waals surface area contributed by atoms with E-state index in [0.29, 0.717) is 5.75 Å². The molecule has 6 heteroatoms. The number of nitrogens with zero attached hydrogens (tertiary/aromatic N) is 2. The van der Waals surface area contributed by atoms with Crippen LogP contribution in [-0.2, 0) is 0 Å². The fourth-order valence-electron chi connectivity index (χ4n) is 2.28. The second-order valence-electron chi connectivity index (χ2n) is 5.37. The molecule has 5 nitrogen and oxygen atoms in total. The highest BCUT2D eigenvalue weighted by atomic mass is 32.2. The molecule has 1 unspecified atom stereocenters. The monoisotopic (exact) mass is 356 g/mol. The van der Waals surface area contributed by atoms with Crippen molar-refractivity contribution in [3.63, 3.8) is 0 Å². The number of rotatable bonds is 8. The van der Waals surface area contributed by atoms with Gasteiger partial charge in [-0.1, -0.05) is 36.0 Å². The maximum absolute atomic E-state index is 10.2. The number of para-hydroxylation sites is 1. The van der Waals surface area contributed by atoms with Crippen molar-refractivity contribution >= 4 is 11.8 Å². The lowest BCUT2D eigenvalue weighted by Gasteiger charge is -2.13. The number of hydrogen-bond acceptors (Lipinski definition) is 5. The number of methoxy groups -OCH3 is 1. The second kappa shape index (κ2) is 8.60. The molecule has 0 fully saturated rings. The molecule has 0 aliphatic carbocycles. The van der Waals surface area contributed by atoms with E-state index in [-0.39, 0.29) is 6.61 Å². The van der Waals surface area contributed by atoms with E-state index in [0.717, 1.165) is 22.3 Å². The lowest BCUT2D eigenvalue weighted by molar-refractivity contribution is 0.126. The molecule has 25 heavy (non-hydrogen) atoms. The van der Waals surface area contributed by atoms with Crippen molar-refractivity contribution < 1.29 is 14.6 Å². The Kier molecular flexibility index (Phi) is 5.98. The predicted octanol–water partition coefficient (Wildman–Crippen LogP) is 3.41. The van der Waals surface area contributed by atoms with Crippen LogP contribution in [-0.4, -0.2) is 40.2 Å². The minimum atomic E-state index is -0.583. The van der Waals surface area contributed by atoms with Crippen LogP contribution in [0.3, 0.4) is 0 Å². The molecule has 1 heterocycles. The first-order valence-electron chi connectivity index (χ1n) is 7.93. The van der Waals surface area contributed by atoms with E-state index in [1.165, 1.54) is 11.8 Å². The summed E-state index contributed by atoms with van der Waals surface area (Å²) in [5, 5.41) is 11.0. The van der Waals surface area contributed by atoms with Crippen LogP contribution in [0.5, 0.6) is 11.5 Å². The molecule has 3 rings (SSSR count). The first-order valence-corrected chi connectivity index (χ1v) is 8.91. The van der Waals surface area contributed by atoms with E-state index in [1.54, 1.807) is 13.3 Å². The molecule has 0 amide bonds. The van der Waals surface area contributed by atoms with Crippen molar-refractivity contribution in [3.05, 3.63) is 67.0 Å². The number of ether oxygens (including phenoxy) is 2. The number of hydrogen-bond donors (Lipinski definition) is 1. The van der Waals surface area contributed by atoms with Gasteiger partial charge in [-0.3, -0.25) is 4.57 Å². The molecular weight excluding hydrogens is 336 g/mol. The number of benzene rings is 2. The molecule has 0 aliphatic rings. The summed E-state index contributed by atoms with van der Waals surface area (Å²) in [7, 11) is 1.64. The highest BCUT2D eigenvalue weighted by Crippen LogP contribution is 2.23. The van der Waals surface area contributed by atoms with E-state index >= 15 is 0 Å². The molecule has 1 aromatic heterocycles. The van der Waals surface area contributed by atoms with E-state index in [9.17, 15) is 5.11 Å². The van der Waals surface area contributed by atoms with Gasteiger partial charge in [-0.2, -0.15) is 0 Å². The third-order valence-corrected chi connectivity index (χ3v) is 4.64. The molecule has 0 bridgehead atoms. The van der Waals surface area contributed by atoms with Gasteiger partial charge in [0.2, 0.25) is 0 Å². The van der Waals surface area contributed by atoms with Crippen molar-refractivity contribution in [1.82, 2.24) is 9.55 Å². The summed E-state index contributed by atoms with van der Waals surface area (Å²) in [6, 6.07) is 17.2. The van der Waals surface area contributed by atoms with Gasteiger partial charge in [-0.05, 0) is 24.3 Å². The molecule has 130 valence electrons. The molecule has 0 saturated heterocycles. The third kappa shape index (κ3) is 4.78. The highest BCUT2D eigenvalue weighted by Gasteiger charge is 2.11. The molecule has 0 spiro atoms. The predicted molar refractivity (Wildman–Crippen MR) is 98.8 cm³/mol. The third-order valence-electron chi connectivity index (χ3n) is 3.53. The minimum absolute atomic E-state index is 0.247. The summed E-state index contributed by atoms with van der Waals surface area (Å²) in [5.41, 5.74) is 0.967. The zero-order valence-corrected chi connectivity index (χ0v) is 14.7. The van der Waals surface area contributed by atoms with Crippen LogP contribution >= 0.6 is 11.8 Å². The van der Waals surface area contributed by atoms with Gasteiger partial charge in [0.05, 0.1) is 18.9 Å². The first kappa shape index (κ1) is 17.4. The number of aliphatic hydroxyl groups excluding tert-OH is 1. The smallest absolute Gasteiger partial charge is 0.172 e. The van der Waals surface area contributed by atoms with Crippen LogP contribution in [0.15, 0.2) is 72.1 Å². The Morgan fingerprint density at radius 2 is 1.92 bits per heavy atom. The largest absolute Gasteiger partial charge is 0.497 e. The SMILES string of the molecule is COc1cccc(-n2ccnc2SCC(O)COc2ccccc2)c1. The van der Waals surface area contributed by atoms with Gasteiger partial charge in [-0.25, -0.2) is 4.98 Å². The normalized spacial score (nSPS) is 11.9. The summed E-state index contributed by atoms with van der Waals surface area (Å²) >= 11 is 1.49. The highest BCUT2D eigenvalue weighted by molar-refractivity contribution is 7.99. The van der Waals surface area contributed by atoms with Gasteiger partial charge >= 0.3 is 0 Å². The van der Waals surface area contributed by atoms with Crippen LogP contribution < -0.4 is 9.47 Å². The first-order chi connectivity index (χ1) is 12.3. The number of thioether (sulfide) groups is 1. The summed E-state index contributed by atoms with van der Waals surface area (Å²) < 4.78 is 12.8. The zero-order valence-electron chi connectivity index (χ0n) is 13.9. The Bertz CT molecular complexity index is 792. The Balaban J connectivity index is 1.57. The van der Waals surface area contributed by atoms with Crippen molar-refractivity contribution in [3.8, 4) is 17.2 Å². The Hall–Kier alpha value is -2.44. The average molecular weight is 356 g/mol. The molecule has 1 atom stereocenters. The second-order valence-corrected chi connectivity index (χ2v) is 6.36. The van der Waals surface area contributed by atoms with E-state index in [4.69, 9.17) is 9.47 Å². The van der Waals surface area contributed by atoms with Crippen molar-refractivity contribution in [1.29, 1.82) is 0 Å². The number of aromatic nitrogens is 2. The fraction of sp³-hybridized carbons (Fsp3) is 0.211. The molecular formula is C19H20N2O3S. The summed E-state index contributed by atoms with van der Waals surface area (Å²) in [5.74, 6) is 2.04. The number of imidazole rings is 1. The van der Waals surface area contributed by atoms with Crippen LogP contribution in [0.25, 0.3) is 5.69 Å². The van der Waals surface area contributed by atoms with Gasteiger partial charge in [-0.15, -0.1) is 0 Å². The lowest BCUT2D eigenvalue weighted by atomic mass is 10.3. The average Bonchev–Trinajstić information content (AvgIpc) is 3.14. The molecule has 1 N–H and O–H groups in total. The van der Waals surface area contributed by atoms with Crippen molar-refractivity contribution in [2.24, 2.45) is 0 Å². The van der Waals surface area contributed by atoms with Gasteiger partial charge < -0.3 is 14.6 Å². The Labute approximate surface area is 151 Å². The zero-order chi connectivity index (χ0) is 17.5. The Morgan fingerprint density at radius 1 is 1.12 bits per heavy atom. The van der Waals surface area contributed by atoms with Crippen molar-refractivity contribution in [2.75, 3.05) is 19.5 Å². The van der Waals surface area contributed by atoms with Crippen LogP contribution in [0.1, 0.15) is 0 Å². The van der Waals surface area contributed by atoms with Gasteiger partial charge in [0.25, 0.3) is 0 Å². The van der Waals surface area contributed by atoms with Gasteiger partial charge in [0, 0.05) is 24.2 Å². The molecule has 2 aromatic carbocycles. The maximum atomic E-state index is 10.2. The summed E-state index contributed by atoms with van der Waals surface area (Å²) in [6.07, 6.45) is 3.05. The molecule has 0 aliphatic heterocycles. The lowest BCUT2D eigenvalue weighted by Crippen LogP contribution is -2.20. The molecule has 0 saturated carbocycles. The fourth-order valence-corrected chi connectivity index (χ4v) is 3.16. The van der Waals surface area contributed by atoms with E-state index in [2.05, 4.69) is 4.98 Å². The summed E-state index contributed by atoms with van der Waals surface area (Å²) in [6.45, 7) is 0.247. The van der Waals surface area contributed by atoms with Crippen molar-refractivity contribution in [2.45, 2.75) is 11.3 Å². The molecule has 0 radical (unpaired) electrons. The maximum Gasteiger partial charge on any atom is 0.172 e. The van der Waals surface area contributed by atoms with Crippen LogP contribution in [0.2, 0.25) is 0 Å². The Morgan fingerprint density at radius 3 is 2.72 bits per heavy atom. The van der Waals surface area contributed by atoms with Crippen LogP contribution in [0, 0.1) is 0 Å². The standard InChI is InChI=1S/C19H20N2O3S/c1-23-18-9-5-6-15(12-18)21-11-10-20-19(21)25-14-16(22)13-24-17-7-3-2-4-8-17/h2-12,16,22H,13-14H2,1H3. The van der Waals surface area contributed by atoms with E-state index in [1.807, 2.05) is 65.4 Å². The van der Waals surface area contributed by atoms with E-state index < -0.39 is 6.10 Å². The van der Waals surface area contributed by atoms with Gasteiger partial charge in [0.1, 0.15) is 18.1 Å². The number of aliphatic hydroxyl groups is 1. The minimum Gasteiger partial charge on any atom is -0.497 e. The topological polar surface area (TPSA) is 56.5 Å². The van der Waals surface area contributed by atoms with Crippen LogP contribution in [0.4, 0.5) is 0 Å². The molecule has 3 aromatic rings. The van der Waals surface area contributed by atoms with Gasteiger partial charge in [0.15, 0.2) is 5.16 Å². The quantitative estimate of drug-likeness (QED) is 0.627. The summed E-state index contributed by atoms with van der Waals surface area (Å²) in [4.78, 5) is 4.37.